The number of benzene rings is 3. The zero-order chi connectivity index (χ0) is 19.5. The third kappa shape index (κ3) is 3.96. The zero-order valence-electron chi connectivity index (χ0n) is 16.5. The predicted molar refractivity (Wildman–Crippen MR) is 117 cm³/mol. The average Bonchev–Trinajstić information content (AvgIpc) is 2.70. The molecule has 4 nitrogen and oxygen atoms in total. The van der Waals surface area contributed by atoms with Crippen LogP contribution in [0, 0.1) is 20.8 Å². The normalized spacial score (nSPS) is 10.8. The molecule has 0 atom stereocenters. The molecule has 1 aromatic heterocycles. The van der Waals surface area contributed by atoms with Crippen LogP contribution in [0.25, 0.3) is 10.9 Å². The van der Waals surface area contributed by atoms with Crippen LogP contribution in [0.2, 0.25) is 0 Å². The number of aromatic nitrogens is 2. The molecule has 0 bridgehead atoms. The number of anilines is 3. The van der Waals surface area contributed by atoms with E-state index in [2.05, 4.69) is 79.9 Å². The van der Waals surface area contributed by atoms with Gasteiger partial charge in [-0.25, -0.2) is 4.98 Å². The van der Waals surface area contributed by atoms with Crippen molar-refractivity contribution < 1.29 is 0 Å². The summed E-state index contributed by atoms with van der Waals surface area (Å²) in [6.07, 6.45) is 0. The Bertz CT molecular complexity index is 1120. The Labute approximate surface area is 165 Å². The number of fused-ring (bicyclic) bond motifs is 1. The lowest BCUT2D eigenvalue weighted by Gasteiger charge is -2.13. The molecule has 4 heteroatoms. The monoisotopic (exact) mass is 368 g/mol. The maximum Gasteiger partial charge on any atom is 0.229 e. The second-order valence-corrected chi connectivity index (χ2v) is 7.20. The minimum atomic E-state index is 0.596. The molecular formula is C24H24N4. The fourth-order valence-corrected chi connectivity index (χ4v) is 3.15. The fraction of sp³-hybridized carbons (Fsp3) is 0.167. The standard InChI is InChI=1S/C24H24N4/c1-16-9-12-19(13-10-16)15-25-23-20-6-4-5-7-21(20)26-24(28-23)27-22-14-17(2)8-11-18(22)3/h4-14H,15H2,1-3H3,(H2,25,26,27,28). The van der Waals surface area contributed by atoms with Crippen LogP contribution in [0.3, 0.4) is 0 Å². The molecule has 4 aromatic rings. The smallest absolute Gasteiger partial charge is 0.229 e. The topological polar surface area (TPSA) is 49.8 Å². The van der Waals surface area contributed by atoms with Gasteiger partial charge in [0.25, 0.3) is 0 Å². The number of nitrogens with one attached hydrogen (secondary N) is 2. The second kappa shape index (κ2) is 7.69. The van der Waals surface area contributed by atoms with Crippen LogP contribution in [0.1, 0.15) is 22.3 Å². The molecule has 0 spiro atoms. The first-order valence-corrected chi connectivity index (χ1v) is 9.49. The van der Waals surface area contributed by atoms with E-state index in [0.29, 0.717) is 12.5 Å². The molecule has 140 valence electrons. The van der Waals surface area contributed by atoms with Crippen molar-refractivity contribution in [2.45, 2.75) is 27.3 Å². The molecule has 0 amide bonds. The van der Waals surface area contributed by atoms with Crippen molar-refractivity contribution in [1.29, 1.82) is 0 Å². The van der Waals surface area contributed by atoms with Crippen LogP contribution in [-0.4, -0.2) is 9.97 Å². The van der Waals surface area contributed by atoms with E-state index in [1.54, 1.807) is 0 Å². The van der Waals surface area contributed by atoms with E-state index in [9.17, 15) is 0 Å². The molecule has 0 fully saturated rings. The Hall–Kier alpha value is -3.40. The van der Waals surface area contributed by atoms with Crippen molar-refractivity contribution in [3.8, 4) is 0 Å². The highest BCUT2D eigenvalue weighted by molar-refractivity contribution is 5.90. The molecule has 0 aliphatic carbocycles. The molecule has 3 aromatic carbocycles. The summed E-state index contributed by atoms with van der Waals surface area (Å²) in [7, 11) is 0. The highest BCUT2D eigenvalue weighted by Gasteiger charge is 2.09. The number of aryl methyl sites for hydroxylation is 3. The van der Waals surface area contributed by atoms with Crippen LogP contribution in [0.5, 0.6) is 0 Å². The van der Waals surface area contributed by atoms with Crippen LogP contribution < -0.4 is 10.6 Å². The van der Waals surface area contributed by atoms with Crippen LogP contribution in [0.4, 0.5) is 17.5 Å². The third-order valence-corrected chi connectivity index (χ3v) is 4.82. The summed E-state index contributed by atoms with van der Waals surface area (Å²) in [6.45, 7) is 6.98. The van der Waals surface area contributed by atoms with Gasteiger partial charge in [0.2, 0.25) is 5.95 Å². The van der Waals surface area contributed by atoms with Gasteiger partial charge in [0.1, 0.15) is 5.82 Å². The van der Waals surface area contributed by atoms with Crippen LogP contribution in [-0.2, 0) is 6.54 Å². The first-order chi connectivity index (χ1) is 13.6. The number of nitrogens with zero attached hydrogens (tertiary/aromatic N) is 2. The minimum absolute atomic E-state index is 0.596. The van der Waals surface area contributed by atoms with E-state index in [1.165, 1.54) is 16.7 Å². The lowest BCUT2D eigenvalue weighted by Crippen LogP contribution is -2.06. The maximum atomic E-state index is 4.77. The maximum absolute atomic E-state index is 4.77. The summed E-state index contributed by atoms with van der Waals surface area (Å²) in [5.41, 5.74) is 6.79. The molecule has 0 unspecified atom stereocenters. The van der Waals surface area contributed by atoms with Crippen LogP contribution >= 0.6 is 0 Å². The molecule has 1 heterocycles. The van der Waals surface area contributed by atoms with E-state index in [0.717, 1.165) is 28.0 Å². The zero-order valence-corrected chi connectivity index (χ0v) is 16.5. The third-order valence-electron chi connectivity index (χ3n) is 4.82. The SMILES string of the molecule is Cc1ccc(CNc2nc(Nc3cc(C)ccc3C)nc3ccccc23)cc1. The molecule has 0 saturated heterocycles. The van der Waals surface area contributed by atoms with Gasteiger partial charge < -0.3 is 10.6 Å². The Morgan fingerprint density at radius 3 is 2.36 bits per heavy atom. The molecular weight excluding hydrogens is 344 g/mol. The molecule has 28 heavy (non-hydrogen) atoms. The van der Waals surface area contributed by atoms with Gasteiger partial charge in [0, 0.05) is 17.6 Å². The van der Waals surface area contributed by atoms with E-state index < -0.39 is 0 Å². The Morgan fingerprint density at radius 1 is 0.786 bits per heavy atom. The van der Waals surface area contributed by atoms with Crippen LogP contribution in [0.15, 0.2) is 66.7 Å². The highest BCUT2D eigenvalue weighted by Crippen LogP contribution is 2.25. The van der Waals surface area contributed by atoms with Gasteiger partial charge in [0.05, 0.1) is 5.52 Å². The summed E-state index contributed by atoms with van der Waals surface area (Å²) >= 11 is 0. The molecule has 2 N–H and O–H groups in total. The second-order valence-electron chi connectivity index (χ2n) is 7.20. The average molecular weight is 368 g/mol. The number of para-hydroxylation sites is 1. The number of rotatable bonds is 5. The number of hydrogen-bond donors (Lipinski definition) is 2. The largest absolute Gasteiger partial charge is 0.365 e. The number of hydrogen-bond acceptors (Lipinski definition) is 4. The summed E-state index contributed by atoms with van der Waals surface area (Å²) < 4.78 is 0. The van der Waals surface area contributed by atoms with Gasteiger partial charge in [-0.05, 0) is 55.7 Å². The predicted octanol–water partition coefficient (Wildman–Crippen LogP) is 5.91. The Kier molecular flexibility index (Phi) is 4.94. The van der Waals surface area contributed by atoms with Gasteiger partial charge >= 0.3 is 0 Å². The van der Waals surface area contributed by atoms with Crippen molar-refractivity contribution in [1.82, 2.24) is 9.97 Å². The van der Waals surface area contributed by atoms with Gasteiger partial charge in [-0.2, -0.15) is 4.98 Å². The van der Waals surface area contributed by atoms with Crippen molar-refractivity contribution >= 4 is 28.4 Å². The van der Waals surface area contributed by atoms with E-state index in [4.69, 9.17) is 9.97 Å². The van der Waals surface area contributed by atoms with E-state index >= 15 is 0 Å². The van der Waals surface area contributed by atoms with Crippen molar-refractivity contribution in [3.05, 3.63) is 89.0 Å². The van der Waals surface area contributed by atoms with Gasteiger partial charge in [0.15, 0.2) is 0 Å². The van der Waals surface area contributed by atoms with Crippen molar-refractivity contribution in [2.75, 3.05) is 10.6 Å². The van der Waals surface area contributed by atoms with E-state index in [-0.39, 0.29) is 0 Å². The molecule has 0 aliphatic rings. The van der Waals surface area contributed by atoms with Gasteiger partial charge in [-0.3, -0.25) is 0 Å². The van der Waals surface area contributed by atoms with Gasteiger partial charge in [-0.15, -0.1) is 0 Å². The fourth-order valence-electron chi connectivity index (χ4n) is 3.15. The summed E-state index contributed by atoms with van der Waals surface area (Å²) in [6, 6.07) is 22.9. The quantitative estimate of drug-likeness (QED) is 0.460. The minimum Gasteiger partial charge on any atom is -0.365 e. The van der Waals surface area contributed by atoms with Crippen molar-refractivity contribution in [2.24, 2.45) is 0 Å². The first-order valence-electron chi connectivity index (χ1n) is 9.49. The summed E-state index contributed by atoms with van der Waals surface area (Å²) in [5, 5.41) is 7.89. The van der Waals surface area contributed by atoms with Gasteiger partial charge in [-0.1, -0.05) is 54.1 Å². The molecule has 0 aliphatic heterocycles. The molecule has 0 radical (unpaired) electrons. The van der Waals surface area contributed by atoms with E-state index in [1.807, 2.05) is 18.2 Å². The Balaban J connectivity index is 1.66. The molecule has 0 saturated carbocycles. The lowest BCUT2D eigenvalue weighted by molar-refractivity contribution is 1.10. The molecule has 4 rings (SSSR count). The van der Waals surface area contributed by atoms with Crippen molar-refractivity contribution in [3.63, 3.8) is 0 Å². The summed E-state index contributed by atoms with van der Waals surface area (Å²) in [5.74, 6) is 1.43. The Morgan fingerprint density at radius 2 is 1.54 bits per heavy atom. The summed E-state index contributed by atoms with van der Waals surface area (Å²) in [4.78, 5) is 9.47. The first kappa shape index (κ1) is 18.0. The lowest BCUT2D eigenvalue weighted by atomic mass is 10.1. The highest BCUT2D eigenvalue weighted by atomic mass is 15.1.